The van der Waals surface area contributed by atoms with Gasteiger partial charge in [-0.1, -0.05) is 67.0 Å². The number of methoxy groups -OCH3 is 1. The SMILES string of the molecule is CC[Si](CC)(CC)OC[C@H](C)C/C(C)=C/[C@H](C)[C@H](OC)[C@H](C)O[Si](C)(C)C(C)(C)C. The van der Waals surface area contributed by atoms with Crippen LogP contribution in [0.4, 0.5) is 0 Å². The Labute approximate surface area is 191 Å². The lowest BCUT2D eigenvalue weighted by Crippen LogP contribution is -2.47. The number of hydrogen-bond acceptors (Lipinski definition) is 3. The van der Waals surface area contributed by atoms with Gasteiger partial charge in [0.1, 0.15) is 0 Å². The van der Waals surface area contributed by atoms with E-state index in [0.717, 1.165) is 13.0 Å². The zero-order valence-electron chi connectivity index (χ0n) is 22.6. The standard InChI is InChI=1S/C25H54O3Si2/c1-14-30(15-2,16-3)27-19-21(5)17-20(4)18-22(6)24(26-11)23(7)28-29(12,13)25(8,9)10/h18,21-24H,14-17,19H2,1-13H3/b20-18+/t21-,22+,23+,24+/m1/s1. The molecule has 0 heterocycles. The van der Waals surface area contributed by atoms with Crippen LogP contribution in [0, 0.1) is 11.8 Å². The fraction of sp³-hybridized carbons (Fsp3) is 0.920. The molecule has 0 amide bonds. The van der Waals surface area contributed by atoms with Gasteiger partial charge in [-0.15, -0.1) is 0 Å². The Bertz CT molecular complexity index is 499. The first-order valence-electron chi connectivity index (χ1n) is 12.2. The Morgan fingerprint density at radius 1 is 0.967 bits per heavy atom. The molecule has 0 N–H and O–H groups in total. The maximum absolute atomic E-state index is 6.62. The van der Waals surface area contributed by atoms with Crippen molar-refractivity contribution in [3.63, 3.8) is 0 Å². The van der Waals surface area contributed by atoms with Gasteiger partial charge in [0, 0.05) is 19.6 Å². The van der Waals surface area contributed by atoms with Crippen molar-refractivity contribution in [2.45, 2.75) is 124 Å². The van der Waals surface area contributed by atoms with Gasteiger partial charge in [-0.2, -0.15) is 0 Å². The summed E-state index contributed by atoms with van der Waals surface area (Å²) in [7, 11) is -1.49. The van der Waals surface area contributed by atoms with Gasteiger partial charge < -0.3 is 13.6 Å². The van der Waals surface area contributed by atoms with Crippen LogP contribution in [0.5, 0.6) is 0 Å². The molecule has 4 atom stereocenters. The lowest BCUT2D eigenvalue weighted by atomic mass is 9.94. The molecule has 0 aliphatic rings. The molecule has 0 aliphatic heterocycles. The maximum atomic E-state index is 6.62. The van der Waals surface area contributed by atoms with Crippen molar-refractivity contribution in [1.82, 2.24) is 0 Å². The van der Waals surface area contributed by atoms with Gasteiger partial charge in [0.05, 0.1) is 12.2 Å². The second kappa shape index (κ2) is 12.9. The molecular formula is C25H54O3Si2. The summed E-state index contributed by atoms with van der Waals surface area (Å²) in [6, 6.07) is 3.67. The molecule has 0 aliphatic carbocycles. The third-order valence-electron chi connectivity index (χ3n) is 7.36. The van der Waals surface area contributed by atoms with Crippen LogP contribution in [-0.4, -0.2) is 42.6 Å². The zero-order valence-corrected chi connectivity index (χ0v) is 24.6. The highest BCUT2D eigenvalue weighted by molar-refractivity contribution is 6.74. The van der Waals surface area contributed by atoms with E-state index in [9.17, 15) is 0 Å². The van der Waals surface area contributed by atoms with Crippen LogP contribution in [0.2, 0.25) is 36.3 Å². The van der Waals surface area contributed by atoms with Gasteiger partial charge in [-0.3, -0.25) is 0 Å². The number of rotatable bonds is 14. The zero-order chi connectivity index (χ0) is 23.8. The minimum atomic E-state index is -1.81. The third-order valence-corrected chi connectivity index (χ3v) is 16.6. The van der Waals surface area contributed by atoms with E-state index >= 15 is 0 Å². The van der Waals surface area contributed by atoms with Crippen LogP contribution < -0.4 is 0 Å². The molecule has 0 radical (unpaired) electrons. The summed E-state index contributed by atoms with van der Waals surface area (Å²) < 4.78 is 19.0. The molecule has 0 aromatic carbocycles. The van der Waals surface area contributed by atoms with Gasteiger partial charge in [-0.05, 0) is 62.5 Å². The molecule has 0 spiro atoms. The van der Waals surface area contributed by atoms with Gasteiger partial charge >= 0.3 is 0 Å². The number of hydrogen-bond donors (Lipinski definition) is 0. The van der Waals surface area contributed by atoms with Crippen LogP contribution in [0.15, 0.2) is 11.6 Å². The fourth-order valence-electron chi connectivity index (χ4n) is 4.14. The van der Waals surface area contributed by atoms with Crippen molar-refractivity contribution in [1.29, 1.82) is 0 Å². The van der Waals surface area contributed by atoms with E-state index in [4.69, 9.17) is 13.6 Å². The first kappa shape index (κ1) is 30.1. The number of ether oxygens (including phenoxy) is 1. The largest absolute Gasteiger partial charge is 0.417 e. The van der Waals surface area contributed by atoms with Gasteiger partial charge in [0.2, 0.25) is 0 Å². The van der Waals surface area contributed by atoms with Crippen molar-refractivity contribution >= 4 is 16.6 Å². The third kappa shape index (κ3) is 9.27. The highest BCUT2D eigenvalue weighted by Gasteiger charge is 2.40. The summed E-state index contributed by atoms with van der Waals surface area (Å²) in [6.45, 7) is 28.3. The predicted molar refractivity (Wildman–Crippen MR) is 138 cm³/mol. The Morgan fingerprint density at radius 2 is 1.47 bits per heavy atom. The van der Waals surface area contributed by atoms with Crippen LogP contribution >= 0.6 is 0 Å². The summed E-state index contributed by atoms with van der Waals surface area (Å²) in [5, 5.41) is 0.206. The second-order valence-corrected chi connectivity index (χ2v) is 20.6. The molecule has 3 nitrogen and oxygen atoms in total. The monoisotopic (exact) mass is 458 g/mol. The molecule has 0 saturated carbocycles. The van der Waals surface area contributed by atoms with Crippen LogP contribution in [0.25, 0.3) is 0 Å². The Balaban J connectivity index is 4.97. The Kier molecular flexibility index (Phi) is 13.0. The molecule has 180 valence electrons. The molecule has 0 rings (SSSR count). The summed E-state index contributed by atoms with van der Waals surface area (Å²) >= 11 is 0. The highest BCUT2D eigenvalue weighted by atomic mass is 28.4. The summed E-state index contributed by atoms with van der Waals surface area (Å²) in [5.74, 6) is 0.866. The molecule has 30 heavy (non-hydrogen) atoms. The van der Waals surface area contributed by atoms with E-state index in [-0.39, 0.29) is 17.2 Å². The quantitative estimate of drug-likeness (QED) is 0.195. The fourth-order valence-corrected chi connectivity index (χ4v) is 8.31. The van der Waals surface area contributed by atoms with Crippen molar-refractivity contribution in [3.8, 4) is 0 Å². The van der Waals surface area contributed by atoms with Crippen molar-refractivity contribution in [3.05, 3.63) is 11.6 Å². The van der Waals surface area contributed by atoms with Gasteiger partial charge in [0.15, 0.2) is 16.6 Å². The normalized spacial score (nSPS) is 18.2. The van der Waals surface area contributed by atoms with Crippen LogP contribution in [0.1, 0.15) is 75.7 Å². The topological polar surface area (TPSA) is 27.7 Å². The van der Waals surface area contributed by atoms with Crippen molar-refractivity contribution < 1.29 is 13.6 Å². The lowest BCUT2D eigenvalue weighted by Gasteiger charge is -2.41. The summed E-state index contributed by atoms with van der Waals surface area (Å²) in [6.07, 6.45) is 3.63. The molecule has 0 aromatic heterocycles. The average Bonchev–Trinajstić information content (AvgIpc) is 2.62. The van der Waals surface area contributed by atoms with E-state index in [1.54, 1.807) is 0 Å². The molecule has 0 aromatic rings. The minimum absolute atomic E-state index is 0.0703. The van der Waals surface area contributed by atoms with Crippen molar-refractivity contribution in [2.24, 2.45) is 11.8 Å². The van der Waals surface area contributed by atoms with E-state index in [1.807, 2.05) is 7.11 Å². The smallest absolute Gasteiger partial charge is 0.192 e. The summed E-state index contributed by atoms with van der Waals surface area (Å²) in [4.78, 5) is 0. The Hall–Kier alpha value is 0.0538. The summed E-state index contributed by atoms with van der Waals surface area (Å²) in [5.41, 5.74) is 1.43. The molecule has 0 unspecified atom stereocenters. The van der Waals surface area contributed by atoms with E-state index in [2.05, 4.69) is 88.4 Å². The lowest BCUT2D eigenvalue weighted by molar-refractivity contribution is -0.0162. The predicted octanol–water partition coefficient (Wildman–Crippen LogP) is 8.04. The molecular weight excluding hydrogens is 404 g/mol. The van der Waals surface area contributed by atoms with Crippen LogP contribution in [-0.2, 0) is 13.6 Å². The molecule has 0 bridgehead atoms. The van der Waals surface area contributed by atoms with E-state index < -0.39 is 16.6 Å². The number of allylic oxidation sites excluding steroid dienone is 1. The van der Waals surface area contributed by atoms with Crippen molar-refractivity contribution in [2.75, 3.05) is 13.7 Å². The first-order valence-corrected chi connectivity index (χ1v) is 17.6. The van der Waals surface area contributed by atoms with Crippen LogP contribution in [0.3, 0.4) is 0 Å². The highest BCUT2D eigenvalue weighted by Crippen LogP contribution is 2.38. The van der Waals surface area contributed by atoms with Gasteiger partial charge in [-0.25, -0.2) is 0 Å². The molecule has 0 saturated heterocycles. The van der Waals surface area contributed by atoms with E-state index in [1.165, 1.54) is 23.7 Å². The minimum Gasteiger partial charge on any atom is -0.417 e. The molecule has 5 heteroatoms. The van der Waals surface area contributed by atoms with Gasteiger partial charge in [0.25, 0.3) is 0 Å². The maximum Gasteiger partial charge on any atom is 0.192 e. The van der Waals surface area contributed by atoms with E-state index in [0.29, 0.717) is 11.8 Å². The Morgan fingerprint density at radius 3 is 1.87 bits per heavy atom. The molecule has 0 fully saturated rings. The average molecular weight is 459 g/mol. The first-order chi connectivity index (χ1) is 13.7. The second-order valence-electron chi connectivity index (χ2n) is 11.0.